The van der Waals surface area contributed by atoms with E-state index >= 15 is 0 Å². The second-order valence-electron chi connectivity index (χ2n) is 9.18. The number of amides is 3. The smallest absolute Gasteiger partial charge is 0.418 e. The molecule has 2 fully saturated rings. The number of anilines is 1. The molecule has 1 aliphatic carbocycles. The van der Waals surface area contributed by atoms with E-state index < -0.39 is 23.5 Å². The number of fused-ring (bicyclic) bond motifs is 2. The van der Waals surface area contributed by atoms with Gasteiger partial charge in [0.15, 0.2) is 0 Å². The molecule has 1 saturated heterocycles. The van der Waals surface area contributed by atoms with E-state index in [0.717, 1.165) is 41.4 Å². The molecule has 6 nitrogen and oxygen atoms in total. The number of rotatable bonds is 2. The van der Waals surface area contributed by atoms with Gasteiger partial charge in [0.05, 0.1) is 11.7 Å². The molecule has 172 valence electrons. The van der Waals surface area contributed by atoms with E-state index in [1.807, 2.05) is 12.1 Å². The molecule has 0 radical (unpaired) electrons. The van der Waals surface area contributed by atoms with E-state index in [-0.39, 0.29) is 24.2 Å². The van der Waals surface area contributed by atoms with Crippen LogP contribution in [-0.4, -0.2) is 27.4 Å². The van der Waals surface area contributed by atoms with Gasteiger partial charge in [0, 0.05) is 23.2 Å². The molecule has 8 heteroatoms. The number of piperidine rings is 1. The van der Waals surface area contributed by atoms with Crippen LogP contribution in [0.4, 0.5) is 10.5 Å². The van der Waals surface area contributed by atoms with Gasteiger partial charge in [0.2, 0.25) is 11.8 Å². The van der Waals surface area contributed by atoms with Crippen LogP contribution in [0, 0.1) is 11.8 Å². The highest BCUT2D eigenvalue weighted by atomic mass is 35.5. The molecule has 3 unspecified atom stereocenters. The van der Waals surface area contributed by atoms with Crippen molar-refractivity contribution in [3.63, 3.8) is 0 Å². The lowest BCUT2D eigenvalue weighted by Crippen LogP contribution is -2.60. The molecule has 33 heavy (non-hydrogen) atoms. The van der Waals surface area contributed by atoms with Crippen molar-refractivity contribution in [3.8, 4) is 0 Å². The zero-order valence-corrected chi connectivity index (χ0v) is 19.4. The third-order valence-corrected chi connectivity index (χ3v) is 8.25. The first kappa shape index (κ1) is 22.2. The molecule has 2 aromatic rings. The van der Waals surface area contributed by atoms with Crippen LogP contribution in [0.2, 0.25) is 5.02 Å². The van der Waals surface area contributed by atoms with Crippen LogP contribution in [0.1, 0.15) is 55.7 Å². The second-order valence-corrected chi connectivity index (χ2v) is 9.98. The number of benzene rings is 2. The summed E-state index contributed by atoms with van der Waals surface area (Å²) in [5.74, 6) is -1.03. The number of hydrogen-bond donors (Lipinski definition) is 1. The van der Waals surface area contributed by atoms with E-state index in [1.54, 1.807) is 36.4 Å². The Kier molecular flexibility index (Phi) is 5.61. The van der Waals surface area contributed by atoms with Gasteiger partial charge in [-0.25, -0.2) is 14.1 Å². The van der Waals surface area contributed by atoms with Crippen molar-refractivity contribution in [3.05, 3.63) is 64.7 Å². The van der Waals surface area contributed by atoms with Crippen molar-refractivity contribution < 1.29 is 19.5 Å². The van der Waals surface area contributed by atoms with Crippen LogP contribution in [0.5, 0.6) is 0 Å². The number of imide groups is 1. The number of carboxylic acid groups (broad SMARTS) is 1. The molecule has 1 spiro atoms. The number of nitrogens with zero attached hydrogens (tertiary/aromatic N) is 2. The van der Waals surface area contributed by atoms with Crippen LogP contribution in [0.3, 0.4) is 0 Å². The van der Waals surface area contributed by atoms with Crippen LogP contribution >= 0.6 is 23.4 Å². The number of para-hydroxylation sites is 1. The molecule has 2 heterocycles. The summed E-state index contributed by atoms with van der Waals surface area (Å²) in [6.45, 7) is 0. The summed E-state index contributed by atoms with van der Waals surface area (Å²) in [5, 5.41) is 10.5. The molecular weight excluding hydrogens is 463 g/mol. The molecule has 5 rings (SSSR count). The lowest BCUT2D eigenvalue weighted by Gasteiger charge is -2.52. The minimum absolute atomic E-state index is 0.103. The fourth-order valence-corrected chi connectivity index (χ4v) is 6.78. The quantitative estimate of drug-likeness (QED) is 0.533. The van der Waals surface area contributed by atoms with Crippen LogP contribution in [0.25, 0.3) is 0 Å². The summed E-state index contributed by atoms with van der Waals surface area (Å²) in [5.41, 5.74) is 0.305. The fourth-order valence-electron chi connectivity index (χ4n) is 6.32. The molecule has 1 N–H and O–H groups in total. The SMILES string of the molecule is O=C(O)N1C(=O)C2(c3ccccc31)C(C1CCCCC1)CC(=O)N(Cl)C2c1ccc(Cl)cc1. The fraction of sp³-hybridized carbons (Fsp3) is 0.400. The van der Waals surface area contributed by atoms with E-state index in [0.29, 0.717) is 21.8 Å². The normalized spacial score (nSPS) is 27.8. The summed E-state index contributed by atoms with van der Waals surface area (Å²) >= 11 is 12.8. The predicted molar refractivity (Wildman–Crippen MR) is 125 cm³/mol. The van der Waals surface area contributed by atoms with Gasteiger partial charge in [-0.2, -0.15) is 0 Å². The largest absolute Gasteiger partial charge is 0.464 e. The van der Waals surface area contributed by atoms with Gasteiger partial charge in [-0.3, -0.25) is 9.59 Å². The molecule has 2 aromatic carbocycles. The van der Waals surface area contributed by atoms with Crippen molar-refractivity contribution >= 4 is 47.0 Å². The third-order valence-electron chi connectivity index (χ3n) is 7.62. The van der Waals surface area contributed by atoms with Crippen molar-refractivity contribution in [1.29, 1.82) is 0 Å². The maximum atomic E-state index is 14.3. The lowest BCUT2D eigenvalue weighted by molar-refractivity contribution is -0.144. The third kappa shape index (κ3) is 3.26. The molecule has 1 saturated carbocycles. The predicted octanol–water partition coefficient (Wildman–Crippen LogP) is 5.93. The Morgan fingerprint density at radius 2 is 1.67 bits per heavy atom. The first-order chi connectivity index (χ1) is 15.9. The van der Waals surface area contributed by atoms with E-state index in [4.69, 9.17) is 23.4 Å². The van der Waals surface area contributed by atoms with Crippen molar-refractivity contribution in [1.82, 2.24) is 4.42 Å². The molecular formula is C25H24Cl2N2O4. The summed E-state index contributed by atoms with van der Waals surface area (Å²) in [6, 6.07) is 13.1. The minimum atomic E-state index is -1.33. The average Bonchev–Trinajstić information content (AvgIpc) is 3.07. The van der Waals surface area contributed by atoms with Gasteiger partial charge in [-0.1, -0.05) is 74.0 Å². The zero-order valence-electron chi connectivity index (χ0n) is 17.9. The number of carbonyl (C=O) groups is 3. The van der Waals surface area contributed by atoms with Gasteiger partial charge in [-0.05, 0) is 41.2 Å². The number of hydrogen-bond acceptors (Lipinski definition) is 3. The zero-order chi connectivity index (χ0) is 23.3. The van der Waals surface area contributed by atoms with E-state index in [2.05, 4.69) is 0 Å². The van der Waals surface area contributed by atoms with Gasteiger partial charge >= 0.3 is 6.09 Å². The van der Waals surface area contributed by atoms with Crippen LogP contribution in [-0.2, 0) is 15.0 Å². The maximum absolute atomic E-state index is 14.3. The van der Waals surface area contributed by atoms with Gasteiger partial charge in [0.1, 0.15) is 5.41 Å². The van der Waals surface area contributed by atoms with Gasteiger partial charge < -0.3 is 5.11 Å². The van der Waals surface area contributed by atoms with Crippen molar-refractivity contribution in [2.45, 2.75) is 50.0 Å². The Hall–Kier alpha value is -2.57. The Morgan fingerprint density at radius 1 is 1.00 bits per heavy atom. The highest BCUT2D eigenvalue weighted by Crippen LogP contribution is 2.61. The van der Waals surface area contributed by atoms with E-state index in [9.17, 15) is 19.5 Å². The number of carbonyl (C=O) groups excluding carboxylic acids is 2. The van der Waals surface area contributed by atoms with Crippen LogP contribution in [0.15, 0.2) is 48.5 Å². The van der Waals surface area contributed by atoms with E-state index in [1.165, 1.54) is 0 Å². The summed E-state index contributed by atoms with van der Waals surface area (Å²) in [4.78, 5) is 40.6. The Balaban J connectivity index is 1.80. The molecule has 0 bridgehead atoms. The van der Waals surface area contributed by atoms with Crippen molar-refractivity contribution in [2.24, 2.45) is 11.8 Å². The van der Waals surface area contributed by atoms with Gasteiger partial charge in [0.25, 0.3) is 0 Å². The summed E-state index contributed by atoms with van der Waals surface area (Å²) < 4.78 is 1.11. The monoisotopic (exact) mass is 486 g/mol. The molecule has 0 aromatic heterocycles. The highest BCUT2D eigenvalue weighted by Gasteiger charge is 2.67. The topological polar surface area (TPSA) is 77.9 Å². The molecule has 2 aliphatic heterocycles. The minimum Gasteiger partial charge on any atom is -0.464 e. The standard InChI is InChI=1S/C25H24Cl2N2O4/c26-17-12-10-16(11-13-17)22-25(18-8-4-5-9-20(18)28(23(25)31)24(32)33)19(14-21(30)29(22)27)15-6-2-1-3-7-15/h4-5,8-13,15,19,22H,1-3,6-7,14H2,(H,32,33). The summed E-state index contributed by atoms with van der Waals surface area (Å²) in [7, 11) is 0. The maximum Gasteiger partial charge on any atom is 0.418 e. The highest BCUT2D eigenvalue weighted by molar-refractivity contribution is 6.30. The average molecular weight is 487 g/mol. The summed E-state index contributed by atoms with van der Waals surface area (Å²) in [6.07, 6.45) is 3.75. The first-order valence-corrected chi connectivity index (χ1v) is 12.0. The first-order valence-electron chi connectivity index (χ1n) is 11.3. The number of halogens is 2. The Bertz CT molecular complexity index is 1120. The second kappa shape index (κ2) is 8.33. The van der Waals surface area contributed by atoms with Gasteiger partial charge in [-0.15, -0.1) is 0 Å². The van der Waals surface area contributed by atoms with Crippen molar-refractivity contribution in [2.75, 3.05) is 4.90 Å². The molecule has 3 atom stereocenters. The molecule has 3 aliphatic rings. The molecule has 3 amide bonds. The Labute approximate surface area is 202 Å². The van der Waals surface area contributed by atoms with Crippen LogP contribution < -0.4 is 4.90 Å². The lowest BCUT2D eigenvalue weighted by atomic mass is 9.56. The Morgan fingerprint density at radius 3 is 2.33 bits per heavy atom.